The van der Waals surface area contributed by atoms with E-state index in [0.717, 1.165) is 16.9 Å². The van der Waals surface area contributed by atoms with Crippen molar-refractivity contribution >= 4 is 0 Å². The van der Waals surface area contributed by atoms with Gasteiger partial charge in [0.25, 0.3) is 0 Å². The van der Waals surface area contributed by atoms with E-state index in [-0.39, 0.29) is 0 Å². The molecule has 2 aromatic carbocycles. The molecular weight excluding hydrogens is 234 g/mol. The van der Waals surface area contributed by atoms with Gasteiger partial charge in [0.1, 0.15) is 12.4 Å². The minimum atomic E-state index is 0.504. The van der Waals surface area contributed by atoms with Crippen molar-refractivity contribution in [2.24, 2.45) is 5.73 Å². The molecule has 0 aliphatic rings. The van der Waals surface area contributed by atoms with Gasteiger partial charge in [-0.25, -0.2) is 0 Å². The molecule has 2 aromatic rings. The number of para-hydroxylation sites is 1. The maximum atomic E-state index is 6.03. The van der Waals surface area contributed by atoms with Crippen LogP contribution < -0.4 is 10.5 Å². The Labute approximate surface area is 115 Å². The number of nitrogens with two attached hydrogens (primary N) is 1. The fourth-order valence-corrected chi connectivity index (χ4v) is 2.30. The molecule has 2 nitrogen and oxygen atoms in total. The highest BCUT2D eigenvalue weighted by Crippen LogP contribution is 2.25. The summed E-state index contributed by atoms with van der Waals surface area (Å²) in [6.45, 7) is 7.39. The zero-order chi connectivity index (χ0) is 13.8. The van der Waals surface area contributed by atoms with Crippen molar-refractivity contribution in [2.75, 3.05) is 0 Å². The molecule has 0 heterocycles. The lowest BCUT2D eigenvalue weighted by Crippen LogP contribution is -2.06. The van der Waals surface area contributed by atoms with Crippen LogP contribution in [0.5, 0.6) is 5.75 Å². The number of benzene rings is 2. The first-order chi connectivity index (χ1) is 9.13. The van der Waals surface area contributed by atoms with Crippen molar-refractivity contribution in [3.05, 3.63) is 64.2 Å². The number of ether oxygens (including phenoxy) is 1. The summed E-state index contributed by atoms with van der Waals surface area (Å²) >= 11 is 0. The van der Waals surface area contributed by atoms with Crippen molar-refractivity contribution in [3.8, 4) is 5.75 Å². The van der Waals surface area contributed by atoms with Crippen LogP contribution in [-0.4, -0.2) is 0 Å². The monoisotopic (exact) mass is 255 g/mol. The largest absolute Gasteiger partial charge is 0.488 e. The highest BCUT2D eigenvalue weighted by atomic mass is 16.5. The molecule has 0 aliphatic carbocycles. The van der Waals surface area contributed by atoms with Gasteiger partial charge in [0, 0.05) is 12.1 Å². The Kier molecular flexibility index (Phi) is 4.23. The van der Waals surface area contributed by atoms with Crippen LogP contribution in [-0.2, 0) is 13.2 Å². The van der Waals surface area contributed by atoms with Crippen LogP contribution in [0.4, 0.5) is 0 Å². The minimum absolute atomic E-state index is 0.504. The first kappa shape index (κ1) is 13.6. The summed E-state index contributed by atoms with van der Waals surface area (Å²) < 4.78 is 6.03. The molecule has 0 saturated carbocycles. The standard InChI is InChI=1S/C17H21NO/c1-12-6-4-7-13(2)16(12)11-19-17-14(3)8-5-9-15(17)10-18/h4-9H,10-11,18H2,1-3H3. The van der Waals surface area contributed by atoms with Crippen LogP contribution in [0.3, 0.4) is 0 Å². The maximum Gasteiger partial charge on any atom is 0.127 e. The summed E-state index contributed by atoms with van der Waals surface area (Å²) in [6.07, 6.45) is 0. The van der Waals surface area contributed by atoms with E-state index >= 15 is 0 Å². The molecule has 0 unspecified atom stereocenters. The lowest BCUT2D eigenvalue weighted by Gasteiger charge is -2.15. The highest BCUT2D eigenvalue weighted by Gasteiger charge is 2.08. The van der Waals surface area contributed by atoms with E-state index < -0.39 is 0 Å². The number of hydrogen-bond acceptors (Lipinski definition) is 2. The van der Waals surface area contributed by atoms with E-state index in [9.17, 15) is 0 Å². The number of hydrogen-bond donors (Lipinski definition) is 1. The summed E-state index contributed by atoms with van der Waals surface area (Å²) in [7, 11) is 0. The molecule has 0 atom stereocenters. The predicted molar refractivity (Wildman–Crippen MR) is 79.3 cm³/mol. The summed E-state index contributed by atoms with van der Waals surface area (Å²) in [5, 5.41) is 0. The molecule has 2 heteroatoms. The van der Waals surface area contributed by atoms with Crippen LogP contribution in [0.15, 0.2) is 36.4 Å². The third-order valence-corrected chi connectivity index (χ3v) is 3.52. The molecule has 100 valence electrons. The summed E-state index contributed by atoms with van der Waals surface area (Å²) in [5.41, 5.74) is 11.8. The third kappa shape index (κ3) is 2.96. The fraction of sp³-hybridized carbons (Fsp3) is 0.294. The molecule has 19 heavy (non-hydrogen) atoms. The van der Waals surface area contributed by atoms with Gasteiger partial charge in [-0.15, -0.1) is 0 Å². The Morgan fingerprint density at radius 3 is 2.11 bits per heavy atom. The molecule has 0 aromatic heterocycles. The first-order valence-corrected chi connectivity index (χ1v) is 6.60. The second-order valence-electron chi connectivity index (χ2n) is 4.93. The van der Waals surface area contributed by atoms with E-state index in [1.54, 1.807) is 0 Å². The van der Waals surface area contributed by atoms with Gasteiger partial charge in [-0.2, -0.15) is 0 Å². The fourth-order valence-electron chi connectivity index (χ4n) is 2.30. The van der Waals surface area contributed by atoms with Crippen LogP contribution in [0.1, 0.15) is 27.8 Å². The Morgan fingerprint density at radius 2 is 1.47 bits per heavy atom. The maximum absolute atomic E-state index is 6.03. The van der Waals surface area contributed by atoms with Crippen LogP contribution >= 0.6 is 0 Å². The van der Waals surface area contributed by atoms with E-state index in [0.29, 0.717) is 13.2 Å². The SMILES string of the molecule is Cc1cccc(C)c1COc1c(C)cccc1CN. The predicted octanol–water partition coefficient (Wildman–Crippen LogP) is 3.65. The Morgan fingerprint density at radius 1 is 0.895 bits per heavy atom. The van der Waals surface area contributed by atoms with Gasteiger partial charge in [-0.1, -0.05) is 36.4 Å². The van der Waals surface area contributed by atoms with E-state index in [1.165, 1.54) is 16.7 Å². The van der Waals surface area contributed by atoms with E-state index in [1.807, 2.05) is 12.1 Å². The minimum Gasteiger partial charge on any atom is -0.488 e. The number of aryl methyl sites for hydroxylation is 3. The summed E-state index contributed by atoms with van der Waals surface area (Å²) in [6, 6.07) is 12.4. The summed E-state index contributed by atoms with van der Waals surface area (Å²) in [5.74, 6) is 0.924. The topological polar surface area (TPSA) is 35.2 Å². The van der Waals surface area contributed by atoms with Gasteiger partial charge in [0.15, 0.2) is 0 Å². The van der Waals surface area contributed by atoms with Gasteiger partial charge >= 0.3 is 0 Å². The highest BCUT2D eigenvalue weighted by molar-refractivity contribution is 5.41. The lowest BCUT2D eigenvalue weighted by molar-refractivity contribution is 0.299. The zero-order valence-corrected chi connectivity index (χ0v) is 11.9. The molecule has 0 aliphatic heterocycles. The van der Waals surface area contributed by atoms with Crippen molar-refractivity contribution in [1.29, 1.82) is 0 Å². The average Bonchev–Trinajstić information content (AvgIpc) is 2.39. The average molecular weight is 255 g/mol. The molecule has 0 amide bonds. The second kappa shape index (κ2) is 5.89. The molecule has 2 rings (SSSR count). The molecule has 0 fully saturated rings. The molecular formula is C17H21NO. The Hall–Kier alpha value is -1.80. The molecule has 0 radical (unpaired) electrons. The smallest absolute Gasteiger partial charge is 0.127 e. The van der Waals surface area contributed by atoms with Crippen LogP contribution in [0.2, 0.25) is 0 Å². The van der Waals surface area contributed by atoms with E-state index in [4.69, 9.17) is 10.5 Å². The molecule has 0 spiro atoms. The number of rotatable bonds is 4. The quantitative estimate of drug-likeness (QED) is 0.905. The van der Waals surface area contributed by atoms with Gasteiger partial charge in [0.05, 0.1) is 0 Å². The van der Waals surface area contributed by atoms with Crippen molar-refractivity contribution in [1.82, 2.24) is 0 Å². The first-order valence-electron chi connectivity index (χ1n) is 6.60. The zero-order valence-electron chi connectivity index (χ0n) is 11.9. The van der Waals surface area contributed by atoms with Crippen LogP contribution in [0, 0.1) is 20.8 Å². The Bertz CT molecular complexity index is 555. The van der Waals surface area contributed by atoms with Crippen molar-refractivity contribution in [3.63, 3.8) is 0 Å². The third-order valence-electron chi connectivity index (χ3n) is 3.52. The van der Waals surface area contributed by atoms with Crippen LogP contribution in [0.25, 0.3) is 0 Å². The lowest BCUT2D eigenvalue weighted by atomic mass is 10.0. The molecule has 2 N–H and O–H groups in total. The van der Waals surface area contributed by atoms with E-state index in [2.05, 4.69) is 45.0 Å². The van der Waals surface area contributed by atoms with Gasteiger partial charge in [0.2, 0.25) is 0 Å². The second-order valence-corrected chi connectivity index (χ2v) is 4.93. The van der Waals surface area contributed by atoms with Crippen molar-refractivity contribution in [2.45, 2.75) is 33.9 Å². The van der Waals surface area contributed by atoms with Gasteiger partial charge in [-0.05, 0) is 43.0 Å². The summed E-state index contributed by atoms with van der Waals surface area (Å²) in [4.78, 5) is 0. The van der Waals surface area contributed by atoms with Gasteiger partial charge < -0.3 is 10.5 Å². The molecule has 0 saturated heterocycles. The van der Waals surface area contributed by atoms with Gasteiger partial charge in [-0.3, -0.25) is 0 Å². The normalized spacial score (nSPS) is 10.5. The van der Waals surface area contributed by atoms with Crippen molar-refractivity contribution < 1.29 is 4.74 Å². The Balaban J connectivity index is 2.24. The molecule has 0 bridgehead atoms.